The van der Waals surface area contributed by atoms with E-state index < -0.39 is 0 Å². The summed E-state index contributed by atoms with van der Waals surface area (Å²) in [6, 6.07) is 10.7. The molecule has 5 heteroatoms. The molecule has 1 aromatic carbocycles. The van der Waals surface area contributed by atoms with Crippen molar-refractivity contribution in [3.8, 4) is 0 Å². The van der Waals surface area contributed by atoms with Crippen LogP contribution in [0.3, 0.4) is 0 Å². The number of rotatable bonds is 6. The van der Waals surface area contributed by atoms with E-state index in [0.717, 1.165) is 4.90 Å². The molecule has 20 heavy (non-hydrogen) atoms. The lowest BCUT2D eigenvalue weighted by molar-refractivity contribution is 0.0920. The number of carbonyl (C=O) groups excluding carboxylic acids is 1. The highest BCUT2D eigenvalue weighted by Gasteiger charge is 2.19. The van der Waals surface area contributed by atoms with Crippen molar-refractivity contribution >= 4 is 17.7 Å². The van der Waals surface area contributed by atoms with Crippen LogP contribution in [0.1, 0.15) is 28.6 Å². The fourth-order valence-electron chi connectivity index (χ4n) is 1.97. The predicted molar refractivity (Wildman–Crippen MR) is 78.8 cm³/mol. The maximum Gasteiger partial charge on any atom is 0.253 e. The maximum absolute atomic E-state index is 12.4. The van der Waals surface area contributed by atoms with Gasteiger partial charge in [0.05, 0.1) is 17.9 Å². The summed E-state index contributed by atoms with van der Waals surface area (Å²) in [6.45, 7) is -0.0180. The Morgan fingerprint density at radius 3 is 2.80 bits per heavy atom. The lowest BCUT2D eigenvalue weighted by atomic mass is 10.1. The van der Waals surface area contributed by atoms with E-state index in [9.17, 15) is 4.79 Å². The van der Waals surface area contributed by atoms with Crippen molar-refractivity contribution in [1.82, 2.24) is 5.32 Å². The molecule has 0 spiro atoms. The molecule has 2 N–H and O–H groups in total. The van der Waals surface area contributed by atoms with Crippen LogP contribution in [0, 0.1) is 0 Å². The number of carbonyl (C=O) groups is 1. The van der Waals surface area contributed by atoms with Gasteiger partial charge >= 0.3 is 0 Å². The Morgan fingerprint density at radius 2 is 2.15 bits per heavy atom. The van der Waals surface area contributed by atoms with Crippen LogP contribution in [0.4, 0.5) is 0 Å². The van der Waals surface area contributed by atoms with Crippen LogP contribution in [0.2, 0.25) is 0 Å². The van der Waals surface area contributed by atoms with Crippen molar-refractivity contribution in [2.24, 2.45) is 0 Å². The van der Waals surface area contributed by atoms with E-state index in [1.54, 1.807) is 24.5 Å². The Kier molecular flexibility index (Phi) is 5.26. The number of furan rings is 1. The van der Waals surface area contributed by atoms with Gasteiger partial charge in [-0.05, 0) is 36.9 Å². The van der Waals surface area contributed by atoms with Gasteiger partial charge < -0.3 is 14.8 Å². The molecule has 0 aliphatic heterocycles. The highest BCUT2D eigenvalue weighted by Crippen LogP contribution is 2.22. The second-order valence-electron chi connectivity index (χ2n) is 4.25. The van der Waals surface area contributed by atoms with Gasteiger partial charge in [0.15, 0.2) is 0 Å². The number of thioether (sulfide) groups is 1. The standard InChI is InChI=1S/C15H17NO3S/c1-20-14-7-3-2-5-11(14)15(18)16-12(8-9-17)13-6-4-10-19-13/h2-7,10,12,17H,8-9H2,1H3,(H,16,18). The van der Waals surface area contributed by atoms with E-state index in [4.69, 9.17) is 9.52 Å². The summed E-state index contributed by atoms with van der Waals surface area (Å²) in [4.78, 5) is 13.3. The third kappa shape index (κ3) is 3.43. The van der Waals surface area contributed by atoms with Crippen LogP contribution in [0.15, 0.2) is 52.0 Å². The molecule has 0 aliphatic rings. The Balaban J connectivity index is 2.16. The van der Waals surface area contributed by atoms with Crippen LogP contribution in [-0.2, 0) is 0 Å². The minimum absolute atomic E-state index is 0.0180. The molecule has 0 aliphatic carbocycles. The van der Waals surface area contributed by atoms with Gasteiger partial charge in [0.25, 0.3) is 5.91 Å². The highest BCUT2D eigenvalue weighted by atomic mass is 32.2. The minimum atomic E-state index is -0.322. The van der Waals surface area contributed by atoms with Gasteiger partial charge in [-0.2, -0.15) is 0 Å². The first-order valence-electron chi connectivity index (χ1n) is 6.34. The average molecular weight is 291 g/mol. The van der Waals surface area contributed by atoms with Crippen molar-refractivity contribution in [1.29, 1.82) is 0 Å². The van der Waals surface area contributed by atoms with E-state index in [0.29, 0.717) is 17.7 Å². The number of amides is 1. The molecule has 0 bridgehead atoms. The van der Waals surface area contributed by atoms with Gasteiger partial charge in [-0.25, -0.2) is 0 Å². The van der Waals surface area contributed by atoms with Crippen molar-refractivity contribution in [3.05, 3.63) is 54.0 Å². The van der Waals surface area contributed by atoms with Crippen molar-refractivity contribution < 1.29 is 14.3 Å². The topological polar surface area (TPSA) is 62.5 Å². The molecule has 2 rings (SSSR count). The zero-order chi connectivity index (χ0) is 14.4. The van der Waals surface area contributed by atoms with Crippen LogP contribution in [-0.4, -0.2) is 23.9 Å². The fraction of sp³-hybridized carbons (Fsp3) is 0.267. The molecule has 1 amide bonds. The van der Waals surface area contributed by atoms with Gasteiger partial charge in [-0.3, -0.25) is 4.79 Å². The Morgan fingerprint density at radius 1 is 1.35 bits per heavy atom. The summed E-state index contributed by atoms with van der Waals surface area (Å²) < 4.78 is 5.31. The molecule has 1 unspecified atom stereocenters. The third-order valence-electron chi connectivity index (χ3n) is 2.96. The largest absolute Gasteiger partial charge is 0.467 e. The Bertz CT molecular complexity index is 554. The zero-order valence-corrected chi connectivity index (χ0v) is 12.0. The van der Waals surface area contributed by atoms with E-state index in [1.165, 1.54) is 11.8 Å². The molecule has 1 aromatic heterocycles. The number of aliphatic hydroxyl groups excluding tert-OH is 1. The van der Waals surface area contributed by atoms with Crippen molar-refractivity contribution in [2.45, 2.75) is 17.4 Å². The molecule has 1 heterocycles. The number of hydrogen-bond donors (Lipinski definition) is 2. The number of aliphatic hydroxyl groups is 1. The second kappa shape index (κ2) is 7.17. The summed E-state index contributed by atoms with van der Waals surface area (Å²) >= 11 is 1.53. The van der Waals surface area contributed by atoms with Crippen LogP contribution < -0.4 is 5.32 Å². The summed E-state index contributed by atoms with van der Waals surface area (Å²) in [5.74, 6) is 0.485. The summed E-state index contributed by atoms with van der Waals surface area (Å²) in [5.41, 5.74) is 0.634. The summed E-state index contributed by atoms with van der Waals surface area (Å²) in [7, 11) is 0. The Labute approximate surface area is 122 Å². The zero-order valence-electron chi connectivity index (χ0n) is 11.2. The number of nitrogens with one attached hydrogen (secondary N) is 1. The smallest absolute Gasteiger partial charge is 0.253 e. The molecule has 4 nitrogen and oxygen atoms in total. The van der Waals surface area contributed by atoms with Gasteiger partial charge in [-0.1, -0.05) is 12.1 Å². The normalized spacial score (nSPS) is 12.1. The maximum atomic E-state index is 12.4. The Hall–Kier alpha value is -1.72. The molecular weight excluding hydrogens is 274 g/mol. The number of hydrogen-bond acceptors (Lipinski definition) is 4. The van der Waals surface area contributed by atoms with Gasteiger partial charge in [-0.15, -0.1) is 11.8 Å². The summed E-state index contributed by atoms with van der Waals surface area (Å²) in [5, 5.41) is 12.0. The van der Waals surface area contributed by atoms with E-state index in [-0.39, 0.29) is 18.6 Å². The minimum Gasteiger partial charge on any atom is -0.467 e. The molecule has 2 aromatic rings. The average Bonchev–Trinajstić information content (AvgIpc) is 3.00. The van der Waals surface area contributed by atoms with E-state index >= 15 is 0 Å². The SMILES string of the molecule is CSc1ccccc1C(=O)NC(CCO)c1ccco1. The molecule has 106 valence electrons. The molecule has 0 fully saturated rings. The van der Waals surface area contributed by atoms with Crippen LogP contribution >= 0.6 is 11.8 Å². The molecule has 0 radical (unpaired) electrons. The van der Waals surface area contributed by atoms with E-state index in [2.05, 4.69) is 5.32 Å². The first kappa shape index (κ1) is 14.7. The van der Waals surface area contributed by atoms with Crippen molar-refractivity contribution in [3.63, 3.8) is 0 Å². The van der Waals surface area contributed by atoms with E-state index in [1.807, 2.05) is 24.5 Å². The van der Waals surface area contributed by atoms with Gasteiger partial charge in [0, 0.05) is 11.5 Å². The molecular formula is C15H17NO3S. The summed E-state index contributed by atoms with van der Waals surface area (Å²) in [6.07, 6.45) is 3.91. The van der Waals surface area contributed by atoms with Gasteiger partial charge in [0.2, 0.25) is 0 Å². The highest BCUT2D eigenvalue weighted by molar-refractivity contribution is 7.98. The monoisotopic (exact) mass is 291 g/mol. The molecule has 1 atom stereocenters. The van der Waals surface area contributed by atoms with Crippen molar-refractivity contribution in [2.75, 3.05) is 12.9 Å². The lowest BCUT2D eigenvalue weighted by Gasteiger charge is -2.16. The first-order chi connectivity index (χ1) is 9.76. The third-order valence-corrected chi connectivity index (χ3v) is 3.76. The quantitative estimate of drug-likeness (QED) is 0.803. The fourth-order valence-corrected chi connectivity index (χ4v) is 2.57. The predicted octanol–water partition coefficient (Wildman–Crippen LogP) is 2.86. The number of benzene rings is 1. The molecule has 0 saturated heterocycles. The second-order valence-corrected chi connectivity index (χ2v) is 5.10. The molecule has 0 saturated carbocycles. The van der Waals surface area contributed by atoms with Crippen LogP contribution in [0.25, 0.3) is 0 Å². The van der Waals surface area contributed by atoms with Crippen LogP contribution in [0.5, 0.6) is 0 Å². The lowest BCUT2D eigenvalue weighted by Crippen LogP contribution is -2.29. The first-order valence-corrected chi connectivity index (χ1v) is 7.57. The van der Waals surface area contributed by atoms with Gasteiger partial charge in [0.1, 0.15) is 5.76 Å².